The van der Waals surface area contributed by atoms with Crippen molar-refractivity contribution in [3.05, 3.63) is 0 Å². The van der Waals surface area contributed by atoms with E-state index >= 15 is 0 Å². The van der Waals surface area contributed by atoms with Crippen molar-refractivity contribution >= 4 is 0 Å². The zero-order chi connectivity index (χ0) is 8.48. The standard InChI is InChI=1S/C6H14NO4/c1-8-5-6(9-2)7(5,10-3)11-4/h5-6H,1-4H3/q+1. The van der Waals surface area contributed by atoms with Gasteiger partial charge in [-0.2, -0.15) is 9.68 Å². The molecule has 0 aromatic heterocycles. The first-order chi connectivity index (χ1) is 5.26. The van der Waals surface area contributed by atoms with E-state index in [0.717, 1.165) is 0 Å². The monoisotopic (exact) mass is 164 g/mol. The number of methoxy groups -OCH3 is 2. The van der Waals surface area contributed by atoms with Gasteiger partial charge in [0.25, 0.3) is 0 Å². The molecule has 1 rings (SSSR count). The van der Waals surface area contributed by atoms with Crippen LogP contribution in [0.1, 0.15) is 0 Å². The molecule has 66 valence electrons. The lowest BCUT2D eigenvalue weighted by molar-refractivity contribution is -1.18. The summed E-state index contributed by atoms with van der Waals surface area (Å²) in [7, 11) is 6.28. The van der Waals surface area contributed by atoms with Gasteiger partial charge >= 0.3 is 12.5 Å². The van der Waals surface area contributed by atoms with Crippen LogP contribution in [-0.2, 0) is 19.1 Å². The summed E-state index contributed by atoms with van der Waals surface area (Å²) < 4.78 is 10.1. The molecule has 0 N–H and O–H groups in total. The molecule has 0 aromatic rings. The molecule has 0 saturated carbocycles. The van der Waals surface area contributed by atoms with E-state index in [1.807, 2.05) is 0 Å². The summed E-state index contributed by atoms with van der Waals surface area (Å²) in [6.45, 7) is 0. The Labute approximate surface area is 65.9 Å². The zero-order valence-electron chi connectivity index (χ0n) is 7.23. The maximum absolute atomic E-state index is 5.07. The molecular formula is C6H14NO4+. The Morgan fingerprint density at radius 2 is 1.18 bits per heavy atom. The summed E-state index contributed by atoms with van der Waals surface area (Å²) in [6, 6.07) is 0. The van der Waals surface area contributed by atoms with E-state index in [1.165, 1.54) is 0 Å². The molecule has 2 unspecified atom stereocenters. The van der Waals surface area contributed by atoms with Gasteiger partial charge in [-0.3, -0.25) is 0 Å². The molecule has 2 atom stereocenters. The molecule has 0 aliphatic carbocycles. The fraction of sp³-hybridized carbons (Fsp3) is 1.00. The van der Waals surface area contributed by atoms with Gasteiger partial charge in [-0.25, -0.2) is 0 Å². The summed E-state index contributed by atoms with van der Waals surface area (Å²) in [6.07, 6.45) is -0.343. The molecule has 0 bridgehead atoms. The van der Waals surface area contributed by atoms with Crippen LogP contribution >= 0.6 is 0 Å². The van der Waals surface area contributed by atoms with E-state index in [9.17, 15) is 0 Å². The van der Waals surface area contributed by atoms with Gasteiger partial charge in [0.15, 0.2) is 0 Å². The molecule has 1 heterocycles. The van der Waals surface area contributed by atoms with Gasteiger partial charge in [0.1, 0.15) is 0 Å². The summed E-state index contributed by atoms with van der Waals surface area (Å²) >= 11 is 0. The molecule has 1 aliphatic heterocycles. The third-order valence-corrected chi connectivity index (χ3v) is 1.92. The van der Waals surface area contributed by atoms with Crippen LogP contribution in [0, 0.1) is 0 Å². The van der Waals surface area contributed by atoms with E-state index in [4.69, 9.17) is 19.1 Å². The SMILES string of the molecule is COC1C(OC)[N+]1(OC)OC. The van der Waals surface area contributed by atoms with Gasteiger partial charge in [-0.15, -0.1) is 0 Å². The first-order valence-corrected chi connectivity index (χ1v) is 3.32. The summed E-state index contributed by atoms with van der Waals surface area (Å²) in [5, 5.41) is 0. The number of hydrogen-bond donors (Lipinski definition) is 0. The average Bonchev–Trinajstić information content (AvgIpc) is 2.72. The fourth-order valence-corrected chi connectivity index (χ4v) is 1.27. The van der Waals surface area contributed by atoms with E-state index in [1.54, 1.807) is 28.4 Å². The minimum Gasteiger partial charge on any atom is -0.321 e. The highest BCUT2D eigenvalue weighted by molar-refractivity contribution is 4.61. The number of nitrogens with zero attached hydrogens (tertiary/aromatic N) is 1. The van der Waals surface area contributed by atoms with Crippen molar-refractivity contribution in [2.24, 2.45) is 0 Å². The molecule has 0 amide bonds. The molecule has 1 saturated heterocycles. The number of hydroxylamine groups is 4. The Bertz CT molecular complexity index is 125. The Hall–Kier alpha value is -0.200. The van der Waals surface area contributed by atoms with Gasteiger partial charge < -0.3 is 9.47 Å². The molecule has 0 radical (unpaired) electrons. The van der Waals surface area contributed by atoms with Crippen LogP contribution in [0.4, 0.5) is 0 Å². The van der Waals surface area contributed by atoms with Crippen LogP contribution in [-0.4, -0.2) is 45.7 Å². The summed E-state index contributed by atoms with van der Waals surface area (Å²) in [5.74, 6) is 0. The molecule has 11 heavy (non-hydrogen) atoms. The zero-order valence-corrected chi connectivity index (χ0v) is 7.23. The molecule has 0 aromatic carbocycles. The lowest BCUT2D eigenvalue weighted by atomic mass is 10.8. The predicted molar refractivity (Wildman–Crippen MR) is 35.9 cm³/mol. The van der Waals surface area contributed by atoms with Crippen molar-refractivity contribution in [3.8, 4) is 0 Å². The summed E-state index contributed by atoms with van der Waals surface area (Å²) in [5.41, 5.74) is 0. The second kappa shape index (κ2) is 3.04. The van der Waals surface area contributed by atoms with Gasteiger partial charge in [0.05, 0.1) is 14.2 Å². The average molecular weight is 164 g/mol. The molecule has 1 aliphatic rings. The largest absolute Gasteiger partial charge is 0.344 e. The third-order valence-electron chi connectivity index (χ3n) is 1.92. The van der Waals surface area contributed by atoms with Crippen LogP contribution in [0.2, 0.25) is 0 Å². The fourth-order valence-electron chi connectivity index (χ4n) is 1.27. The van der Waals surface area contributed by atoms with Gasteiger partial charge in [-0.05, 0) is 0 Å². The number of hydrogen-bond acceptors (Lipinski definition) is 4. The number of ether oxygens (including phenoxy) is 2. The minimum absolute atomic E-state index is 0.0347. The highest BCUT2D eigenvalue weighted by Gasteiger charge is 2.75. The van der Waals surface area contributed by atoms with Crippen molar-refractivity contribution in [1.29, 1.82) is 0 Å². The third kappa shape index (κ3) is 1.05. The molecule has 0 spiro atoms. The highest BCUT2D eigenvalue weighted by atomic mass is 17.1. The molecule has 5 nitrogen and oxygen atoms in total. The maximum Gasteiger partial charge on any atom is 0.344 e. The minimum atomic E-state index is -0.171. The Morgan fingerprint density at radius 3 is 1.27 bits per heavy atom. The van der Waals surface area contributed by atoms with Gasteiger partial charge in [-0.1, -0.05) is 0 Å². The maximum atomic E-state index is 5.07. The van der Waals surface area contributed by atoms with Crippen LogP contribution < -0.4 is 0 Å². The Morgan fingerprint density at radius 1 is 0.818 bits per heavy atom. The van der Waals surface area contributed by atoms with Crippen LogP contribution in [0.25, 0.3) is 0 Å². The first-order valence-electron chi connectivity index (χ1n) is 3.32. The van der Waals surface area contributed by atoms with Gasteiger partial charge in [0.2, 0.25) is 0 Å². The van der Waals surface area contributed by atoms with Crippen LogP contribution in [0.15, 0.2) is 0 Å². The second-order valence-corrected chi connectivity index (χ2v) is 2.26. The van der Waals surface area contributed by atoms with Crippen LogP contribution in [0.3, 0.4) is 0 Å². The second-order valence-electron chi connectivity index (χ2n) is 2.26. The van der Waals surface area contributed by atoms with Crippen molar-refractivity contribution < 1.29 is 24.0 Å². The van der Waals surface area contributed by atoms with Crippen molar-refractivity contribution in [3.63, 3.8) is 0 Å². The first kappa shape index (κ1) is 8.89. The van der Waals surface area contributed by atoms with Crippen molar-refractivity contribution in [1.82, 2.24) is 0 Å². The molecule has 5 heteroatoms. The van der Waals surface area contributed by atoms with E-state index in [2.05, 4.69) is 0 Å². The lowest BCUT2D eigenvalue weighted by Gasteiger charge is -2.09. The smallest absolute Gasteiger partial charge is 0.321 e. The topological polar surface area (TPSA) is 36.9 Å². The lowest BCUT2D eigenvalue weighted by Crippen LogP contribution is -2.29. The van der Waals surface area contributed by atoms with Crippen molar-refractivity contribution in [2.45, 2.75) is 12.5 Å². The van der Waals surface area contributed by atoms with Crippen LogP contribution in [0.5, 0.6) is 0 Å². The number of quaternary nitrogens is 1. The van der Waals surface area contributed by atoms with E-state index in [-0.39, 0.29) is 17.3 Å². The highest BCUT2D eigenvalue weighted by Crippen LogP contribution is 2.40. The molecular weight excluding hydrogens is 150 g/mol. The predicted octanol–water partition coefficient (Wildman–Crippen LogP) is -0.115. The van der Waals surface area contributed by atoms with Crippen molar-refractivity contribution in [2.75, 3.05) is 28.4 Å². The molecule has 1 fully saturated rings. The number of rotatable bonds is 4. The Kier molecular flexibility index (Phi) is 2.46. The van der Waals surface area contributed by atoms with Gasteiger partial charge in [0, 0.05) is 19.0 Å². The van der Waals surface area contributed by atoms with E-state index in [0.29, 0.717) is 0 Å². The Balaban J connectivity index is 2.58. The van der Waals surface area contributed by atoms with E-state index < -0.39 is 0 Å². The summed E-state index contributed by atoms with van der Waals surface area (Å²) in [4.78, 5) is 10.1. The normalized spacial score (nSPS) is 33.8. The quantitative estimate of drug-likeness (QED) is 0.429.